The van der Waals surface area contributed by atoms with Crippen molar-refractivity contribution in [2.24, 2.45) is 11.5 Å². The van der Waals surface area contributed by atoms with Gasteiger partial charge in [-0.05, 0) is 6.42 Å². The molecule has 1 saturated heterocycles. The summed E-state index contributed by atoms with van der Waals surface area (Å²) < 4.78 is 0. The molecular weight excluding hydrogens is 152 g/mol. The molecule has 0 amide bonds. The molecule has 1 rings (SSSR count). The van der Waals surface area contributed by atoms with Gasteiger partial charge in [0.25, 0.3) is 0 Å². The van der Waals surface area contributed by atoms with Crippen molar-refractivity contribution in [1.82, 2.24) is 10.6 Å². The number of rotatable bonds is 3. The monoisotopic (exact) mass is 172 g/mol. The van der Waals surface area contributed by atoms with Crippen molar-refractivity contribution in [3.8, 4) is 0 Å². The fourth-order valence-electron chi connectivity index (χ4n) is 1.64. The van der Waals surface area contributed by atoms with Gasteiger partial charge in [-0.2, -0.15) is 0 Å². The quantitative estimate of drug-likeness (QED) is 0.410. The van der Waals surface area contributed by atoms with E-state index in [9.17, 15) is 0 Å². The highest BCUT2D eigenvalue weighted by Gasteiger charge is 2.30. The lowest BCUT2D eigenvalue weighted by atomic mass is 9.96. The van der Waals surface area contributed by atoms with Crippen LogP contribution >= 0.6 is 0 Å². The molecule has 0 spiro atoms. The van der Waals surface area contributed by atoms with Gasteiger partial charge in [0.05, 0.1) is 11.7 Å². The van der Waals surface area contributed by atoms with Crippen LogP contribution in [0, 0.1) is 0 Å². The molecule has 4 nitrogen and oxygen atoms in total. The van der Waals surface area contributed by atoms with Gasteiger partial charge in [-0.15, -0.1) is 0 Å². The van der Waals surface area contributed by atoms with E-state index in [1.165, 1.54) is 0 Å². The molecular formula is C8H20N4. The molecule has 72 valence electrons. The first-order chi connectivity index (χ1) is 5.67. The summed E-state index contributed by atoms with van der Waals surface area (Å²) >= 11 is 0. The molecule has 1 fully saturated rings. The smallest absolute Gasteiger partial charge is 0.0806 e. The number of hydrogen-bond acceptors (Lipinski definition) is 4. The zero-order valence-corrected chi connectivity index (χ0v) is 7.77. The molecule has 1 heterocycles. The van der Waals surface area contributed by atoms with Crippen LogP contribution in [-0.4, -0.2) is 31.3 Å². The summed E-state index contributed by atoms with van der Waals surface area (Å²) in [4.78, 5) is 0. The average molecular weight is 172 g/mol. The third kappa shape index (κ3) is 2.42. The van der Waals surface area contributed by atoms with Crippen molar-refractivity contribution >= 4 is 0 Å². The zero-order valence-electron chi connectivity index (χ0n) is 7.77. The van der Waals surface area contributed by atoms with Gasteiger partial charge in [0, 0.05) is 19.6 Å². The molecule has 1 aliphatic rings. The molecule has 0 radical (unpaired) electrons. The summed E-state index contributed by atoms with van der Waals surface area (Å²) in [5, 5.41) is 6.61. The molecule has 1 atom stereocenters. The molecule has 0 aromatic carbocycles. The van der Waals surface area contributed by atoms with Crippen LogP contribution in [0.1, 0.15) is 19.8 Å². The van der Waals surface area contributed by atoms with E-state index in [-0.39, 0.29) is 6.04 Å². The van der Waals surface area contributed by atoms with Crippen LogP contribution in [0.15, 0.2) is 0 Å². The van der Waals surface area contributed by atoms with E-state index >= 15 is 0 Å². The third-order valence-corrected chi connectivity index (χ3v) is 2.37. The maximum atomic E-state index is 5.98. The number of hydrogen-bond donors (Lipinski definition) is 4. The van der Waals surface area contributed by atoms with E-state index in [2.05, 4.69) is 17.6 Å². The van der Waals surface area contributed by atoms with Gasteiger partial charge >= 0.3 is 0 Å². The molecule has 0 saturated carbocycles. The van der Waals surface area contributed by atoms with Gasteiger partial charge in [0.1, 0.15) is 0 Å². The Balaban J connectivity index is 2.41. The Labute approximate surface area is 74.1 Å². The molecule has 0 bridgehead atoms. The Morgan fingerprint density at radius 2 is 2.17 bits per heavy atom. The Morgan fingerprint density at radius 3 is 2.67 bits per heavy atom. The summed E-state index contributed by atoms with van der Waals surface area (Å²) in [6.07, 6.45) is 1.90. The minimum absolute atomic E-state index is 0.214. The fraction of sp³-hybridized carbons (Fsp3) is 1.00. The molecule has 0 aliphatic carbocycles. The second kappa shape index (κ2) is 4.18. The van der Waals surface area contributed by atoms with E-state index in [0.717, 1.165) is 32.5 Å². The van der Waals surface area contributed by atoms with Gasteiger partial charge in [0.2, 0.25) is 0 Å². The lowest BCUT2D eigenvalue weighted by Crippen LogP contribution is -2.69. The first-order valence-corrected chi connectivity index (χ1v) is 4.68. The lowest BCUT2D eigenvalue weighted by Gasteiger charge is -2.37. The second-order valence-electron chi connectivity index (χ2n) is 3.57. The first-order valence-electron chi connectivity index (χ1n) is 4.68. The molecule has 0 aromatic rings. The maximum Gasteiger partial charge on any atom is 0.0806 e. The van der Waals surface area contributed by atoms with Gasteiger partial charge < -0.3 is 22.1 Å². The molecule has 1 aliphatic heterocycles. The van der Waals surface area contributed by atoms with Crippen molar-refractivity contribution in [3.05, 3.63) is 0 Å². The van der Waals surface area contributed by atoms with E-state index in [1.54, 1.807) is 0 Å². The van der Waals surface area contributed by atoms with Crippen molar-refractivity contribution < 1.29 is 0 Å². The predicted molar refractivity (Wildman–Crippen MR) is 50.7 cm³/mol. The van der Waals surface area contributed by atoms with Gasteiger partial charge in [-0.3, -0.25) is 0 Å². The fourth-order valence-corrected chi connectivity index (χ4v) is 1.64. The van der Waals surface area contributed by atoms with E-state index in [1.807, 2.05) is 0 Å². The molecule has 0 aromatic heterocycles. The first kappa shape index (κ1) is 9.92. The molecule has 6 N–H and O–H groups in total. The van der Waals surface area contributed by atoms with Crippen LogP contribution in [0.25, 0.3) is 0 Å². The van der Waals surface area contributed by atoms with E-state index in [0.29, 0.717) is 0 Å². The van der Waals surface area contributed by atoms with Crippen LogP contribution in [0.2, 0.25) is 0 Å². The van der Waals surface area contributed by atoms with Crippen LogP contribution in [0.5, 0.6) is 0 Å². The molecule has 1 unspecified atom stereocenters. The van der Waals surface area contributed by atoms with Crippen molar-refractivity contribution in [3.63, 3.8) is 0 Å². The largest absolute Gasteiger partial charge is 0.314 e. The summed E-state index contributed by atoms with van der Waals surface area (Å²) in [5.74, 6) is 0. The number of piperazine rings is 1. The normalized spacial score (nSPS) is 25.8. The zero-order chi connectivity index (χ0) is 9.03. The van der Waals surface area contributed by atoms with Crippen molar-refractivity contribution in [2.75, 3.05) is 19.6 Å². The van der Waals surface area contributed by atoms with Gasteiger partial charge in [-0.25, -0.2) is 0 Å². The standard InChI is InChI=1S/C8H20N4/c1-2-3-8(9,10)7-6-11-4-5-12-7/h7,11-12H,2-6,9-10H2,1H3. The molecule has 12 heavy (non-hydrogen) atoms. The predicted octanol–water partition coefficient (Wildman–Crippen LogP) is -1.04. The summed E-state index contributed by atoms with van der Waals surface area (Å²) in [5.41, 5.74) is 11.4. The highest BCUT2D eigenvalue weighted by molar-refractivity contribution is 4.93. The van der Waals surface area contributed by atoms with Crippen LogP contribution in [0.3, 0.4) is 0 Å². The van der Waals surface area contributed by atoms with E-state index in [4.69, 9.17) is 11.5 Å². The third-order valence-electron chi connectivity index (χ3n) is 2.37. The minimum Gasteiger partial charge on any atom is -0.314 e. The van der Waals surface area contributed by atoms with Gasteiger partial charge in [0.15, 0.2) is 0 Å². The lowest BCUT2D eigenvalue weighted by molar-refractivity contribution is 0.252. The highest BCUT2D eigenvalue weighted by Crippen LogP contribution is 2.08. The number of nitrogens with two attached hydrogens (primary N) is 2. The second-order valence-corrected chi connectivity index (χ2v) is 3.57. The van der Waals surface area contributed by atoms with Crippen molar-refractivity contribution in [2.45, 2.75) is 31.5 Å². The Bertz CT molecular complexity index is 129. The summed E-state index contributed by atoms with van der Waals surface area (Å²) in [6.45, 7) is 4.96. The topological polar surface area (TPSA) is 76.1 Å². The van der Waals surface area contributed by atoms with Crippen LogP contribution < -0.4 is 22.1 Å². The highest BCUT2D eigenvalue weighted by atomic mass is 15.1. The van der Waals surface area contributed by atoms with E-state index < -0.39 is 5.66 Å². The summed E-state index contributed by atoms with van der Waals surface area (Å²) in [6, 6.07) is 0.214. The maximum absolute atomic E-state index is 5.98. The Hall–Kier alpha value is -0.160. The Morgan fingerprint density at radius 1 is 1.42 bits per heavy atom. The SMILES string of the molecule is CCCC(N)(N)C1CNCCN1. The van der Waals surface area contributed by atoms with Crippen LogP contribution in [-0.2, 0) is 0 Å². The molecule has 4 heteroatoms. The van der Waals surface area contributed by atoms with Gasteiger partial charge in [-0.1, -0.05) is 13.3 Å². The Kier molecular flexibility index (Phi) is 3.46. The minimum atomic E-state index is -0.553. The number of nitrogens with one attached hydrogen (secondary N) is 2. The van der Waals surface area contributed by atoms with Crippen LogP contribution in [0.4, 0.5) is 0 Å². The average Bonchev–Trinajstić information content (AvgIpc) is 2.06. The van der Waals surface area contributed by atoms with Crippen molar-refractivity contribution in [1.29, 1.82) is 0 Å². The summed E-state index contributed by atoms with van der Waals surface area (Å²) in [7, 11) is 0.